The number of sulfonamides is 1. The SMILES string of the molecule is Cc1ncc(S(=O)(=O)N2CC[C@H](C)C[C@@H]2c2ccco2)s1. The third-order valence-electron chi connectivity index (χ3n) is 3.85. The van der Waals surface area contributed by atoms with Gasteiger partial charge in [-0.15, -0.1) is 11.3 Å². The quantitative estimate of drug-likeness (QED) is 0.869. The van der Waals surface area contributed by atoms with Crippen LogP contribution in [0.25, 0.3) is 0 Å². The lowest BCUT2D eigenvalue weighted by atomic mass is 9.93. The maximum atomic E-state index is 12.9. The van der Waals surface area contributed by atoms with Crippen LogP contribution in [0.1, 0.15) is 36.6 Å². The number of nitrogens with zero attached hydrogens (tertiary/aromatic N) is 2. The van der Waals surface area contributed by atoms with E-state index in [1.165, 1.54) is 17.5 Å². The van der Waals surface area contributed by atoms with E-state index in [1.807, 2.05) is 13.0 Å². The minimum Gasteiger partial charge on any atom is -0.468 e. The lowest BCUT2D eigenvalue weighted by Gasteiger charge is -2.35. The number of aromatic nitrogens is 1. The van der Waals surface area contributed by atoms with Gasteiger partial charge in [-0.25, -0.2) is 13.4 Å². The van der Waals surface area contributed by atoms with Crippen LogP contribution in [-0.4, -0.2) is 24.3 Å². The van der Waals surface area contributed by atoms with E-state index in [0.717, 1.165) is 17.8 Å². The van der Waals surface area contributed by atoms with Gasteiger partial charge in [0, 0.05) is 6.54 Å². The summed E-state index contributed by atoms with van der Waals surface area (Å²) in [5, 5.41) is 0.758. The van der Waals surface area contributed by atoms with E-state index in [1.54, 1.807) is 16.6 Å². The molecule has 0 saturated carbocycles. The van der Waals surface area contributed by atoms with Crippen LogP contribution in [0.5, 0.6) is 0 Å². The molecule has 1 aliphatic heterocycles. The standard InChI is InChI=1S/C14H18N2O3S2/c1-10-5-6-16(12(8-10)13-4-3-7-19-13)21(17,18)14-9-15-11(2)20-14/h3-4,7,9-10,12H,5-6,8H2,1-2H3/t10-,12+/m0/s1. The number of rotatable bonds is 3. The number of hydrogen-bond donors (Lipinski definition) is 0. The van der Waals surface area contributed by atoms with Crippen molar-refractivity contribution < 1.29 is 12.8 Å². The molecular weight excluding hydrogens is 308 g/mol. The molecular formula is C14H18N2O3S2. The number of furan rings is 1. The van der Waals surface area contributed by atoms with Gasteiger partial charge in [-0.1, -0.05) is 6.92 Å². The summed E-state index contributed by atoms with van der Waals surface area (Å²) in [5.41, 5.74) is 0. The Bertz CT molecular complexity index is 706. The second-order valence-corrected chi connectivity index (χ2v) is 8.83. The number of hydrogen-bond acceptors (Lipinski definition) is 5. The van der Waals surface area contributed by atoms with Gasteiger partial charge < -0.3 is 4.42 Å². The maximum absolute atomic E-state index is 12.9. The Morgan fingerprint density at radius 3 is 2.90 bits per heavy atom. The highest BCUT2D eigenvalue weighted by Crippen LogP contribution is 2.38. The van der Waals surface area contributed by atoms with Crippen LogP contribution in [0, 0.1) is 12.8 Å². The van der Waals surface area contributed by atoms with E-state index < -0.39 is 10.0 Å². The summed E-state index contributed by atoms with van der Waals surface area (Å²) < 4.78 is 33.1. The topological polar surface area (TPSA) is 63.4 Å². The lowest BCUT2D eigenvalue weighted by molar-refractivity contribution is 0.185. The Hall–Kier alpha value is -1.18. The average molecular weight is 326 g/mol. The minimum atomic E-state index is -3.51. The van der Waals surface area contributed by atoms with Crippen molar-refractivity contribution in [1.29, 1.82) is 0 Å². The Labute approximate surface area is 128 Å². The Balaban J connectivity index is 1.98. The molecule has 3 rings (SSSR count). The number of aryl methyl sites for hydroxylation is 1. The zero-order valence-electron chi connectivity index (χ0n) is 12.0. The van der Waals surface area contributed by atoms with Crippen molar-refractivity contribution in [3.63, 3.8) is 0 Å². The average Bonchev–Trinajstić information content (AvgIpc) is 3.09. The molecule has 0 bridgehead atoms. The summed E-state index contributed by atoms with van der Waals surface area (Å²) in [6, 6.07) is 3.43. The van der Waals surface area contributed by atoms with Crippen molar-refractivity contribution in [3.05, 3.63) is 35.4 Å². The second-order valence-electron chi connectivity index (χ2n) is 5.47. The molecule has 3 heterocycles. The van der Waals surface area contributed by atoms with Gasteiger partial charge in [-0.2, -0.15) is 4.31 Å². The molecule has 0 unspecified atom stereocenters. The maximum Gasteiger partial charge on any atom is 0.254 e. The first-order chi connectivity index (χ1) is 9.98. The van der Waals surface area contributed by atoms with Crippen molar-refractivity contribution in [2.24, 2.45) is 5.92 Å². The van der Waals surface area contributed by atoms with E-state index in [-0.39, 0.29) is 6.04 Å². The molecule has 0 aromatic carbocycles. The lowest BCUT2D eigenvalue weighted by Crippen LogP contribution is -2.40. The van der Waals surface area contributed by atoms with Crippen molar-refractivity contribution in [3.8, 4) is 0 Å². The number of piperidine rings is 1. The van der Waals surface area contributed by atoms with Gasteiger partial charge in [-0.3, -0.25) is 0 Å². The predicted octanol–water partition coefficient (Wildman–Crippen LogP) is 3.21. The Kier molecular flexibility index (Phi) is 3.90. The van der Waals surface area contributed by atoms with Gasteiger partial charge >= 0.3 is 0 Å². The Morgan fingerprint density at radius 1 is 1.48 bits per heavy atom. The molecule has 114 valence electrons. The molecule has 1 aliphatic rings. The summed E-state index contributed by atoms with van der Waals surface area (Å²) >= 11 is 1.22. The highest BCUT2D eigenvalue weighted by Gasteiger charge is 2.38. The molecule has 0 N–H and O–H groups in total. The molecule has 7 heteroatoms. The third kappa shape index (κ3) is 2.77. The summed E-state index contributed by atoms with van der Waals surface area (Å²) in [4.78, 5) is 4.07. The number of thiazole rings is 1. The fraction of sp³-hybridized carbons (Fsp3) is 0.500. The van der Waals surface area contributed by atoms with Crippen LogP contribution >= 0.6 is 11.3 Å². The summed E-state index contributed by atoms with van der Waals surface area (Å²) in [7, 11) is -3.51. The van der Waals surface area contributed by atoms with Gasteiger partial charge in [0.2, 0.25) is 0 Å². The monoisotopic (exact) mass is 326 g/mol. The molecule has 1 saturated heterocycles. The van der Waals surface area contributed by atoms with Crippen LogP contribution in [-0.2, 0) is 10.0 Å². The van der Waals surface area contributed by atoms with Crippen LogP contribution < -0.4 is 0 Å². The minimum absolute atomic E-state index is 0.226. The molecule has 0 spiro atoms. The van der Waals surface area contributed by atoms with E-state index in [9.17, 15) is 8.42 Å². The largest absolute Gasteiger partial charge is 0.468 e. The van der Waals surface area contributed by atoms with Crippen LogP contribution in [0.15, 0.2) is 33.2 Å². The smallest absolute Gasteiger partial charge is 0.254 e. The Morgan fingerprint density at radius 2 is 2.29 bits per heavy atom. The predicted molar refractivity (Wildman–Crippen MR) is 80.6 cm³/mol. The summed E-state index contributed by atoms with van der Waals surface area (Å²) in [6.07, 6.45) is 4.70. The van der Waals surface area contributed by atoms with Gasteiger partial charge in [0.1, 0.15) is 5.76 Å². The van der Waals surface area contributed by atoms with Crippen molar-refractivity contribution in [1.82, 2.24) is 9.29 Å². The highest BCUT2D eigenvalue weighted by molar-refractivity contribution is 7.91. The molecule has 2 aromatic rings. The summed E-state index contributed by atoms with van der Waals surface area (Å²) in [6.45, 7) is 4.48. The van der Waals surface area contributed by atoms with Crippen molar-refractivity contribution in [2.45, 2.75) is 36.9 Å². The highest BCUT2D eigenvalue weighted by atomic mass is 32.2. The zero-order valence-corrected chi connectivity index (χ0v) is 13.7. The fourth-order valence-corrected chi connectivity index (χ4v) is 5.58. The molecule has 2 atom stereocenters. The molecule has 5 nitrogen and oxygen atoms in total. The van der Waals surface area contributed by atoms with Gasteiger partial charge in [-0.05, 0) is 37.8 Å². The molecule has 0 amide bonds. The molecule has 0 radical (unpaired) electrons. The fourth-order valence-electron chi connectivity index (χ4n) is 2.72. The van der Waals surface area contributed by atoms with Crippen molar-refractivity contribution >= 4 is 21.4 Å². The third-order valence-corrected chi connectivity index (χ3v) is 7.11. The normalized spacial score (nSPS) is 24.3. The van der Waals surface area contributed by atoms with E-state index in [0.29, 0.717) is 22.4 Å². The first kappa shape index (κ1) is 14.7. The van der Waals surface area contributed by atoms with Crippen LogP contribution in [0.4, 0.5) is 0 Å². The second kappa shape index (κ2) is 5.55. The molecule has 0 aliphatic carbocycles. The van der Waals surface area contributed by atoms with Crippen LogP contribution in [0.2, 0.25) is 0 Å². The van der Waals surface area contributed by atoms with Gasteiger partial charge in [0.25, 0.3) is 10.0 Å². The van der Waals surface area contributed by atoms with E-state index in [2.05, 4.69) is 11.9 Å². The van der Waals surface area contributed by atoms with E-state index in [4.69, 9.17) is 4.42 Å². The first-order valence-corrected chi connectivity index (χ1v) is 9.22. The van der Waals surface area contributed by atoms with Gasteiger partial charge in [0.15, 0.2) is 4.21 Å². The summed E-state index contributed by atoms with van der Waals surface area (Å²) in [5.74, 6) is 1.20. The van der Waals surface area contributed by atoms with Crippen molar-refractivity contribution in [2.75, 3.05) is 6.54 Å². The first-order valence-electron chi connectivity index (χ1n) is 6.96. The van der Waals surface area contributed by atoms with Gasteiger partial charge in [0.05, 0.1) is 23.5 Å². The zero-order chi connectivity index (χ0) is 15.0. The molecule has 21 heavy (non-hydrogen) atoms. The molecule has 1 fully saturated rings. The molecule has 2 aromatic heterocycles. The van der Waals surface area contributed by atoms with Crippen LogP contribution in [0.3, 0.4) is 0 Å². The van der Waals surface area contributed by atoms with E-state index >= 15 is 0 Å².